The number of carbonyl (C=O) groups is 1. The van der Waals surface area contributed by atoms with Crippen LogP contribution in [-0.4, -0.2) is 16.9 Å². The predicted molar refractivity (Wildman–Crippen MR) is 81.6 cm³/mol. The van der Waals surface area contributed by atoms with Crippen molar-refractivity contribution in [2.24, 2.45) is 0 Å². The molecule has 20 heavy (non-hydrogen) atoms. The lowest BCUT2D eigenvalue weighted by Gasteiger charge is -2.09. The number of carbonyl (C=O) groups excluding carboxylic acids is 1. The largest absolute Gasteiger partial charge is 0.489 e. The number of aryl methyl sites for hydroxylation is 1. The highest BCUT2D eigenvalue weighted by Crippen LogP contribution is 2.17. The summed E-state index contributed by atoms with van der Waals surface area (Å²) >= 11 is 1.74. The van der Waals surface area contributed by atoms with Gasteiger partial charge in [0.05, 0.1) is 12.3 Å². The number of thiophene rings is 1. The van der Waals surface area contributed by atoms with Crippen molar-refractivity contribution < 1.29 is 9.53 Å². The topological polar surface area (TPSA) is 39.2 Å². The number of aromatic nitrogens is 1. The van der Waals surface area contributed by atoms with Gasteiger partial charge in [0.2, 0.25) is 0 Å². The number of ketones is 1. The first-order valence-corrected chi connectivity index (χ1v) is 7.70. The first kappa shape index (κ1) is 14.7. The maximum atomic E-state index is 12.1. The average molecular weight is 289 g/mol. The Bertz CT molecular complexity index is 549. The molecule has 0 fully saturated rings. The number of hydrogen-bond donors (Lipinski definition) is 0. The van der Waals surface area contributed by atoms with Gasteiger partial charge < -0.3 is 4.74 Å². The molecule has 2 heterocycles. The Labute approximate surface area is 123 Å². The van der Waals surface area contributed by atoms with Crippen LogP contribution in [0.15, 0.2) is 36.0 Å². The zero-order valence-electron chi connectivity index (χ0n) is 11.8. The van der Waals surface area contributed by atoms with E-state index in [4.69, 9.17) is 4.74 Å². The lowest BCUT2D eigenvalue weighted by atomic mass is 10.1. The molecule has 0 N–H and O–H groups in total. The summed E-state index contributed by atoms with van der Waals surface area (Å²) in [6.45, 7) is 3.91. The molecule has 0 spiro atoms. The third-order valence-electron chi connectivity index (χ3n) is 2.81. The Morgan fingerprint density at radius 2 is 2.25 bits per heavy atom. The van der Waals surface area contributed by atoms with Gasteiger partial charge in [0.25, 0.3) is 0 Å². The van der Waals surface area contributed by atoms with Crippen molar-refractivity contribution in [1.82, 2.24) is 4.98 Å². The number of rotatable bonds is 7. The zero-order valence-corrected chi connectivity index (χ0v) is 12.7. The van der Waals surface area contributed by atoms with Gasteiger partial charge in [-0.2, -0.15) is 0 Å². The predicted octanol–water partition coefficient (Wildman–Crippen LogP) is 4.14. The molecule has 0 atom stereocenters. The van der Waals surface area contributed by atoms with Crippen LogP contribution in [0.4, 0.5) is 0 Å². The van der Waals surface area contributed by atoms with Crippen molar-refractivity contribution in [3.8, 4) is 5.75 Å². The van der Waals surface area contributed by atoms with Gasteiger partial charge in [-0.05, 0) is 44.2 Å². The van der Waals surface area contributed by atoms with E-state index in [1.54, 1.807) is 29.8 Å². The fourth-order valence-corrected chi connectivity index (χ4v) is 2.68. The van der Waals surface area contributed by atoms with Gasteiger partial charge in [0.15, 0.2) is 5.78 Å². The van der Waals surface area contributed by atoms with Crippen LogP contribution in [0.25, 0.3) is 0 Å². The molecule has 2 rings (SSSR count). The van der Waals surface area contributed by atoms with Gasteiger partial charge in [-0.3, -0.25) is 9.78 Å². The summed E-state index contributed by atoms with van der Waals surface area (Å²) in [5.41, 5.74) is 0.634. The van der Waals surface area contributed by atoms with Crippen molar-refractivity contribution in [1.29, 1.82) is 0 Å². The van der Waals surface area contributed by atoms with Crippen LogP contribution < -0.4 is 4.74 Å². The molecule has 0 radical (unpaired) electrons. The van der Waals surface area contributed by atoms with E-state index in [2.05, 4.69) is 16.4 Å². The fraction of sp³-hybridized carbons (Fsp3) is 0.375. The highest BCUT2D eigenvalue weighted by Gasteiger charge is 2.08. The molecular weight excluding hydrogens is 270 g/mol. The summed E-state index contributed by atoms with van der Waals surface area (Å²) in [4.78, 5) is 17.5. The van der Waals surface area contributed by atoms with Gasteiger partial charge >= 0.3 is 0 Å². The average Bonchev–Trinajstić information content (AvgIpc) is 2.91. The Morgan fingerprint density at radius 1 is 1.40 bits per heavy atom. The number of hydrogen-bond acceptors (Lipinski definition) is 4. The van der Waals surface area contributed by atoms with Gasteiger partial charge in [-0.1, -0.05) is 6.07 Å². The molecular formula is C16H19NO2S. The van der Waals surface area contributed by atoms with Gasteiger partial charge in [0, 0.05) is 23.1 Å². The molecule has 0 aliphatic heterocycles. The Balaban J connectivity index is 1.88. The highest BCUT2D eigenvalue weighted by atomic mass is 32.1. The van der Waals surface area contributed by atoms with Crippen molar-refractivity contribution in [2.75, 3.05) is 0 Å². The summed E-state index contributed by atoms with van der Waals surface area (Å²) < 4.78 is 5.56. The third kappa shape index (κ3) is 4.46. The second kappa shape index (κ2) is 7.20. The van der Waals surface area contributed by atoms with Crippen LogP contribution in [0.5, 0.6) is 5.75 Å². The monoisotopic (exact) mass is 289 g/mol. The first-order chi connectivity index (χ1) is 9.65. The summed E-state index contributed by atoms with van der Waals surface area (Å²) in [5, 5.41) is 2.06. The van der Waals surface area contributed by atoms with Crippen LogP contribution in [0, 0.1) is 0 Å². The van der Waals surface area contributed by atoms with E-state index in [1.165, 1.54) is 4.88 Å². The van der Waals surface area contributed by atoms with Gasteiger partial charge in [-0.15, -0.1) is 11.3 Å². The number of ether oxygens (including phenoxy) is 1. The second-order valence-electron chi connectivity index (χ2n) is 4.93. The molecule has 2 aromatic rings. The first-order valence-electron chi connectivity index (χ1n) is 6.82. The van der Waals surface area contributed by atoms with Crippen LogP contribution in [0.2, 0.25) is 0 Å². The maximum absolute atomic E-state index is 12.1. The normalized spacial score (nSPS) is 10.8. The van der Waals surface area contributed by atoms with Crippen molar-refractivity contribution in [2.45, 2.75) is 39.2 Å². The summed E-state index contributed by atoms with van der Waals surface area (Å²) in [6.07, 6.45) is 5.71. The maximum Gasteiger partial charge on any atom is 0.164 e. The Hall–Kier alpha value is -1.68. The van der Waals surface area contributed by atoms with Crippen molar-refractivity contribution in [3.05, 3.63) is 46.4 Å². The minimum absolute atomic E-state index is 0.0842. The highest BCUT2D eigenvalue weighted by molar-refractivity contribution is 7.09. The molecule has 2 aromatic heterocycles. The number of pyridine rings is 1. The smallest absolute Gasteiger partial charge is 0.164 e. The summed E-state index contributed by atoms with van der Waals surface area (Å²) in [5.74, 6) is 0.785. The molecule has 0 aliphatic carbocycles. The Morgan fingerprint density at radius 3 is 2.95 bits per heavy atom. The molecule has 0 amide bonds. The van der Waals surface area contributed by atoms with E-state index in [9.17, 15) is 4.79 Å². The van der Waals surface area contributed by atoms with E-state index < -0.39 is 0 Å². The SMILES string of the molecule is CC(C)Oc1cncc(C(=O)CCCc2cccs2)c1. The van der Waals surface area contributed by atoms with E-state index in [0.29, 0.717) is 17.7 Å². The van der Waals surface area contributed by atoms with E-state index in [-0.39, 0.29) is 11.9 Å². The molecule has 0 saturated carbocycles. The summed E-state index contributed by atoms with van der Waals surface area (Å²) in [6, 6.07) is 5.92. The third-order valence-corrected chi connectivity index (χ3v) is 3.75. The van der Waals surface area contributed by atoms with Crippen LogP contribution in [0.3, 0.4) is 0 Å². The Kier molecular flexibility index (Phi) is 5.30. The zero-order chi connectivity index (χ0) is 14.4. The van der Waals surface area contributed by atoms with Gasteiger partial charge in [0.1, 0.15) is 5.75 Å². The van der Waals surface area contributed by atoms with E-state index >= 15 is 0 Å². The molecule has 0 saturated heterocycles. The van der Waals surface area contributed by atoms with Crippen molar-refractivity contribution >= 4 is 17.1 Å². The van der Waals surface area contributed by atoms with Crippen molar-refractivity contribution in [3.63, 3.8) is 0 Å². The quantitative estimate of drug-likeness (QED) is 0.719. The van der Waals surface area contributed by atoms with E-state index in [0.717, 1.165) is 12.8 Å². The van der Waals surface area contributed by atoms with Crippen LogP contribution >= 0.6 is 11.3 Å². The van der Waals surface area contributed by atoms with E-state index in [1.807, 2.05) is 19.9 Å². The number of Topliss-reactive ketones (excluding diaryl/α,β-unsaturated/α-hetero) is 1. The molecule has 3 nitrogen and oxygen atoms in total. The molecule has 0 unspecified atom stereocenters. The minimum atomic E-state index is 0.0842. The second-order valence-corrected chi connectivity index (χ2v) is 5.96. The standard InChI is InChI=1S/C16H19NO2S/c1-12(2)19-14-9-13(10-17-11-14)16(18)7-3-5-15-6-4-8-20-15/h4,6,8-12H,3,5,7H2,1-2H3. The molecule has 0 bridgehead atoms. The van der Waals surface area contributed by atoms with Gasteiger partial charge in [-0.25, -0.2) is 0 Å². The lowest BCUT2D eigenvalue weighted by Crippen LogP contribution is -2.07. The number of nitrogens with zero attached hydrogens (tertiary/aromatic N) is 1. The fourth-order valence-electron chi connectivity index (χ4n) is 1.93. The van der Waals surface area contributed by atoms with Crippen LogP contribution in [-0.2, 0) is 6.42 Å². The molecule has 106 valence electrons. The van der Waals surface area contributed by atoms with Crippen LogP contribution in [0.1, 0.15) is 41.9 Å². The minimum Gasteiger partial charge on any atom is -0.489 e. The molecule has 0 aliphatic rings. The molecule has 0 aromatic carbocycles. The molecule has 4 heteroatoms. The summed E-state index contributed by atoms with van der Waals surface area (Å²) in [7, 11) is 0. The lowest BCUT2D eigenvalue weighted by molar-refractivity contribution is 0.0979.